The molecule has 1 saturated heterocycles. The zero-order valence-corrected chi connectivity index (χ0v) is 14.9. The van der Waals surface area contributed by atoms with Gasteiger partial charge in [-0.3, -0.25) is 9.80 Å². The molecule has 25 heavy (non-hydrogen) atoms. The Kier molecular flexibility index (Phi) is 4.90. The summed E-state index contributed by atoms with van der Waals surface area (Å²) in [5, 5.41) is 0. The van der Waals surface area contributed by atoms with E-state index in [1.54, 1.807) is 7.11 Å². The molecule has 0 radical (unpaired) electrons. The monoisotopic (exact) mass is 338 g/mol. The second-order valence-electron chi connectivity index (χ2n) is 6.93. The molecule has 0 aromatic heterocycles. The van der Waals surface area contributed by atoms with E-state index in [1.807, 2.05) is 6.07 Å². The van der Waals surface area contributed by atoms with E-state index in [0.717, 1.165) is 44.3 Å². The second kappa shape index (κ2) is 7.46. The predicted octanol–water partition coefficient (Wildman–Crippen LogP) is 3.16. The Morgan fingerprint density at radius 3 is 2.80 bits per heavy atom. The Morgan fingerprint density at radius 2 is 1.96 bits per heavy atom. The molecule has 1 unspecified atom stereocenters. The fourth-order valence-electron chi connectivity index (χ4n) is 3.98. The zero-order valence-electron chi connectivity index (χ0n) is 14.9. The van der Waals surface area contributed by atoms with E-state index in [4.69, 9.17) is 9.47 Å². The molecule has 2 aliphatic heterocycles. The standard InChI is InChI=1S/C21H26N2O2/c1-24-20-9-5-8-18-15-23(12-13-25-21(18)20)19-10-11-22(16-19)14-17-6-3-2-4-7-17/h2-9,19H,10-16H2,1H3. The molecule has 0 N–H and O–H groups in total. The van der Waals surface area contributed by atoms with Crippen molar-refractivity contribution in [2.45, 2.75) is 25.6 Å². The molecule has 2 aliphatic rings. The van der Waals surface area contributed by atoms with Crippen LogP contribution in [-0.2, 0) is 13.1 Å². The van der Waals surface area contributed by atoms with Gasteiger partial charge in [0.1, 0.15) is 6.61 Å². The maximum atomic E-state index is 6.00. The molecule has 2 aromatic rings. The second-order valence-corrected chi connectivity index (χ2v) is 6.93. The van der Waals surface area contributed by atoms with Crippen LogP contribution in [-0.4, -0.2) is 49.2 Å². The first-order valence-electron chi connectivity index (χ1n) is 9.12. The molecule has 0 saturated carbocycles. The summed E-state index contributed by atoms with van der Waals surface area (Å²) in [5.74, 6) is 1.77. The van der Waals surface area contributed by atoms with Crippen LogP contribution in [0.5, 0.6) is 11.5 Å². The number of ether oxygens (including phenoxy) is 2. The minimum atomic E-state index is 0.601. The third kappa shape index (κ3) is 3.65. The average Bonchev–Trinajstić information content (AvgIpc) is 2.99. The van der Waals surface area contributed by atoms with Crippen LogP contribution in [0.3, 0.4) is 0 Å². The van der Waals surface area contributed by atoms with Crippen LogP contribution in [0.25, 0.3) is 0 Å². The van der Waals surface area contributed by atoms with E-state index < -0.39 is 0 Å². The molecular weight excluding hydrogens is 312 g/mol. The van der Waals surface area contributed by atoms with Crippen LogP contribution in [0.15, 0.2) is 48.5 Å². The molecule has 1 fully saturated rings. The number of hydrogen-bond donors (Lipinski definition) is 0. The smallest absolute Gasteiger partial charge is 0.165 e. The van der Waals surface area contributed by atoms with Crippen molar-refractivity contribution in [1.82, 2.24) is 9.80 Å². The summed E-state index contributed by atoms with van der Waals surface area (Å²) in [6.07, 6.45) is 1.23. The van der Waals surface area contributed by atoms with Crippen molar-refractivity contribution in [2.75, 3.05) is 33.4 Å². The van der Waals surface area contributed by atoms with Crippen molar-refractivity contribution >= 4 is 0 Å². The Labute approximate surface area is 150 Å². The molecule has 1 atom stereocenters. The number of likely N-dealkylation sites (tertiary alicyclic amines) is 1. The summed E-state index contributed by atoms with van der Waals surface area (Å²) in [6, 6.07) is 17.6. The normalized spacial score (nSPS) is 21.4. The molecule has 2 heterocycles. The number of methoxy groups -OCH3 is 1. The lowest BCUT2D eigenvalue weighted by Gasteiger charge is -2.27. The van der Waals surface area contributed by atoms with Crippen molar-refractivity contribution in [2.24, 2.45) is 0 Å². The summed E-state index contributed by atoms with van der Waals surface area (Å²) >= 11 is 0. The van der Waals surface area contributed by atoms with Crippen LogP contribution >= 0.6 is 0 Å². The lowest BCUT2D eigenvalue weighted by atomic mass is 10.1. The van der Waals surface area contributed by atoms with Gasteiger partial charge in [0, 0.05) is 44.3 Å². The van der Waals surface area contributed by atoms with Crippen LogP contribution in [0.1, 0.15) is 17.5 Å². The van der Waals surface area contributed by atoms with E-state index in [9.17, 15) is 0 Å². The van der Waals surface area contributed by atoms with Crippen molar-refractivity contribution in [3.8, 4) is 11.5 Å². The van der Waals surface area contributed by atoms with Crippen molar-refractivity contribution < 1.29 is 9.47 Å². The number of benzene rings is 2. The number of hydrogen-bond acceptors (Lipinski definition) is 4. The summed E-state index contributed by atoms with van der Waals surface area (Å²) in [4.78, 5) is 5.15. The van der Waals surface area contributed by atoms with Gasteiger partial charge in [-0.2, -0.15) is 0 Å². The van der Waals surface area contributed by atoms with Gasteiger partial charge in [-0.15, -0.1) is 0 Å². The van der Waals surface area contributed by atoms with Gasteiger partial charge in [-0.1, -0.05) is 42.5 Å². The van der Waals surface area contributed by atoms with Crippen LogP contribution in [0.2, 0.25) is 0 Å². The highest BCUT2D eigenvalue weighted by Gasteiger charge is 2.30. The first-order chi connectivity index (χ1) is 12.3. The number of nitrogens with zero attached hydrogens (tertiary/aromatic N) is 2. The molecule has 4 heteroatoms. The fourth-order valence-corrected chi connectivity index (χ4v) is 3.98. The lowest BCUT2D eigenvalue weighted by molar-refractivity contribution is 0.165. The number of para-hydroxylation sites is 1. The van der Waals surface area contributed by atoms with Crippen molar-refractivity contribution in [3.63, 3.8) is 0 Å². The van der Waals surface area contributed by atoms with Crippen molar-refractivity contribution in [3.05, 3.63) is 59.7 Å². The van der Waals surface area contributed by atoms with E-state index in [1.165, 1.54) is 24.1 Å². The predicted molar refractivity (Wildman–Crippen MR) is 99.0 cm³/mol. The molecule has 0 aliphatic carbocycles. The molecule has 0 spiro atoms. The number of fused-ring (bicyclic) bond motifs is 1. The summed E-state index contributed by atoms with van der Waals surface area (Å²) < 4.78 is 11.5. The largest absolute Gasteiger partial charge is 0.493 e. The van der Waals surface area contributed by atoms with Crippen LogP contribution in [0.4, 0.5) is 0 Å². The minimum Gasteiger partial charge on any atom is -0.493 e. The van der Waals surface area contributed by atoms with E-state index in [0.29, 0.717) is 6.04 Å². The van der Waals surface area contributed by atoms with Gasteiger partial charge in [0.2, 0.25) is 0 Å². The van der Waals surface area contributed by atoms with E-state index >= 15 is 0 Å². The third-order valence-electron chi connectivity index (χ3n) is 5.29. The Balaban J connectivity index is 1.42. The molecular formula is C21H26N2O2. The van der Waals surface area contributed by atoms with Gasteiger partial charge in [-0.05, 0) is 18.1 Å². The third-order valence-corrected chi connectivity index (χ3v) is 5.29. The Bertz CT molecular complexity index is 704. The highest BCUT2D eigenvalue weighted by Crippen LogP contribution is 2.34. The first kappa shape index (κ1) is 16.4. The van der Waals surface area contributed by atoms with E-state index in [-0.39, 0.29) is 0 Å². The highest BCUT2D eigenvalue weighted by atomic mass is 16.5. The van der Waals surface area contributed by atoms with Gasteiger partial charge in [0.15, 0.2) is 11.5 Å². The van der Waals surface area contributed by atoms with Gasteiger partial charge in [0.05, 0.1) is 7.11 Å². The maximum Gasteiger partial charge on any atom is 0.165 e. The average molecular weight is 338 g/mol. The SMILES string of the molecule is COc1cccc2c1OCCN(C1CCN(Cc3ccccc3)C1)C2. The molecule has 0 amide bonds. The Morgan fingerprint density at radius 1 is 1.08 bits per heavy atom. The molecule has 4 rings (SSSR count). The van der Waals surface area contributed by atoms with Gasteiger partial charge in [-0.25, -0.2) is 0 Å². The molecule has 4 nitrogen and oxygen atoms in total. The quantitative estimate of drug-likeness (QED) is 0.855. The minimum absolute atomic E-state index is 0.601. The van der Waals surface area contributed by atoms with E-state index in [2.05, 4.69) is 52.3 Å². The summed E-state index contributed by atoms with van der Waals surface area (Å²) in [7, 11) is 1.71. The topological polar surface area (TPSA) is 24.9 Å². The zero-order chi connectivity index (χ0) is 17.1. The fraction of sp³-hybridized carbons (Fsp3) is 0.429. The van der Waals surface area contributed by atoms with Gasteiger partial charge >= 0.3 is 0 Å². The highest BCUT2D eigenvalue weighted by molar-refractivity contribution is 5.47. The Hall–Kier alpha value is -2.04. The van der Waals surface area contributed by atoms with Gasteiger partial charge in [0.25, 0.3) is 0 Å². The van der Waals surface area contributed by atoms with Crippen LogP contribution in [0, 0.1) is 0 Å². The lowest BCUT2D eigenvalue weighted by Crippen LogP contribution is -2.38. The molecule has 2 aromatic carbocycles. The van der Waals surface area contributed by atoms with Gasteiger partial charge < -0.3 is 9.47 Å². The van der Waals surface area contributed by atoms with Crippen LogP contribution < -0.4 is 9.47 Å². The molecule has 0 bridgehead atoms. The summed E-state index contributed by atoms with van der Waals surface area (Å²) in [6.45, 7) is 5.99. The first-order valence-corrected chi connectivity index (χ1v) is 9.12. The number of rotatable bonds is 4. The molecule has 132 valence electrons. The summed E-state index contributed by atoms with van der Waals surface area (Å²) in [5.41, 5.74) is 2.63. The maximum absolute atomic E-state index is 6.00. The van der Waals surface area contributed by atoms with Crippen molar-refractivity contribution in [1.29, 1.82) is 0 Å².